The first-order chi connectivity index (χ1) is 27.6. The lowest BCUT2D eigenvalue weighted by molar-refractivity contribution is -0.236. The third kappa shape index (κ3) is 7.03. The van der Waals surface area contributed by atoms with Crippen LogP contribution >= 0.6 is 11.6 Å². The van der Waals surface area contributed by atoms with E-state index in [4.69, 9.17) is 22.1 Å². The molecule has 0 bridgehead atoms. The van der Waals surface area contributed by atoms with Crippen LogP contribution in [0.2, 0.25) is 5.02 Å². The Balaban J connectivity index is 1.06. The van der Waals surface area contributed by atoms with Gasteiger partial charge in [-0.1, -0.05) is 79.5 Å². The molecule has 1 unspecified atom stereocenters. The van der Waals surface area contributed by atoms with Crippen LogP contribution in [0.3, 0.4) is 0 Å². The standard InChI is InChI=1S/C49H72ClN3O6/c1-28(2)39-35(54)25-49(22-23-52-27-31(26-51)53-41(55)29-10-12-30(50)13-11-29)21-20-47(8)32(40(39)49)14-15-37-46(7)18-17-38(45(5,6)36(46)16-19-48(37,47)9)59-43(58)34-24-33(42(56)57)44(34,3)4/h10-13,28,31-34,36-38,52H,14-27,51H2,1-9H3,(H,53,55)(H,56,57)/t31?,32-,33+,34-,36+,37-,38+,46+,47-,48-,49-/m1/s1. The van der Waals surface area contributed by atoms with Crippen LogP contribution in [0.1, 0.15) is 143 Å². The van der Waals surface area contributed by atoms with Gasteiger partial charge in [0.2, 0.25) is 0 Å². The molecule has 326 valence electrons. The minimum Gasteiger partial charge on any atom is -0.481 e. The lowest BCUT2D eigenvalue weighted by Crippen LogP contribution is -2.66. The van der Waals surface area contributed by atoms with Crippen molar-refractivity contribution < 1.29 is 29.0 Å². The van der Waals surface area contributed by atoms with E-state index in [1.165, 1.54) is 5.57 Å². The van der Waals surface area contributed by atoms with E-state index < -0.39 is 17.3 Å². The Bertz CT molecular complexity index is 1870. The van der Waals surface area contributed by atoms with Gasteiger partial charge in [0, 0.05) is 40.9 Å². The smallest absolute Gasteiger partial charge is 0.309 e. The van der Waals surface area contributed by atoms with Crippen LogP contribution < -0.4 is 16.4 Å². The SMILES string of the molecule is CC(C)C1=C2[C@H]3CC[C@@H]4[C@@]5(C)CC[C@H](OC(=O)[C@H]6C[C@@H](C(=O)O)C6(C)C)C(C)(C)[C@@H]5CC[C@@]4(C)[C@]3(C)CC[C@@]2(CCNCC(CN)NC(=O)c2ccc(Cl)cc2)CC1=O. The van der Waals surface area contributed by atoms with Crippen molar-refractivity contribution in [3.63, 3.8) is 0 Å². The van der Waals surface area contributed by atoms with Gasteiger partial charge < -0.3 is 26.2 Å². The fraction of sp³-hybridized carbons (Fsp3) is 0.755. The molecule has 0 spiro atoms. The highest BCUT2D eigenvalue weighted by atomic mass is 35.5. The van der Waals surface area contributed by atoms with Crippen molar-refractivity contribution in [2.24, 2.45) is 73.7 Å². The predicted molar refractivity (Wildman–Crippen MR) is 232 cm³/mol. The number of ether oxygens (including phenoxy) is 1. The maximum Gasteiger partial charge on any atom is 0.309 e. The Labute approximate surface area is 358 Å². The molecule has 6 aliphatic carbocycles. The first-order valence-electron chi connectivity index (χ1n) is 22.8. The van der Waals surface area contributed by atoms with Crippen molar-refractivity contribution in [1.82, 2.24) is 10.6 Å². The number of hydrogen-bond acceptors (Lipinski definition) is 7. The number of halogens is 1. The Morgan fingerprint density at radius 3 is 2.20 bits per heavy atom. The van der Waals surface area contributed by atoms with E-state index in [-0.39, 0.29) is 62.9 Å². The zero-order valence-electron chi connectivity index (χ0n) is 37.3. The molecule has 1 aromatic carbocycles. The summed E-state index contributed by atoms with van der Waals surface area (Å²) in [6.45, 7) is 22.2. The third-order valence-electron chi connectivity index (χ3n) is 18.5. The molecule has 0 aliphatic heterocycles. The van der Waals surface area contributed by atoms with Crippen LogP contribution in [0.5, 0.6) is 0 Å². The number of carbonyl (C=O) groups is 4. The number of carboxylic acids is 1. The Morgan fingerprint density at radius 2 is 1.58 bits per heavy atom. The number of ketones is 1. The molecule has 5 saturated carbocycles. The van der Waals surface area contributed by atoms with Gasteiger partial charge in [0.1, 0.15) is 6.10 Å². The van der Waals surface area contributed by atoms with Crippen LogP contribution in [0.25, 0.3) is 0 Å². The molecule has 0 aromatic heterocycles. The fourth-order valence-electron chi connectivity index (χ4n) is 14.9. The summed E-state index contributed by atoms with van der Waals surface area (Å²) < 4.78 is 6.43. The number of esters is 1. The van der Waals surface area contributed by atoms with E-state index in [0.29, 0.717) is 60.1 Å². The molecular weight excluding hydrogens is 762 g/mol. The van der Waals surface area contributed by atoms with Crippen LogP contribution in [-0.2, 0) is 19.1 Å². The Hall–Kier alpha value is -2.75. The average molecular weight is 835 g/mol. The molecule has 1 aromatic rings. The van der Waals surface area contributed by atoms with Crippen molar-refractivity contribution in [1.29, 1.82) is 0 Å². The van der Waals surface area contributed by atoms with E-state index in [1.54, 1.807) is 24.3 Å². The highest BCUT2D eigenvalue weighted by Gasteiger charge is 2.70. The highest BCUT2D eigenvalue weighted by Crippen LogP contribution is 2.77. The molecule has 0 heterocycles. The summed E-state index contributed by atoms with van der Waals surface area (Å²) in [5, 5.41) is 17.0. The van der Waals surface area contributed by atoms with Gasteiger partial charge in [-0.05, 0) is 146 Å². The van der Waals surface area contributed by atoms with Gasteiger partial charge in [-0.25, -0.2) is 0 Å². The number of Topliss-reactive ketones (excluding diaryl/α,β-unsaturated/α-hetero) is 1. The highest BCUT2D eigenvalue weighted by molar-refractivity contribution is 6.30. The summed E-state index contributed by atoms with van der Waals surface area (Å²) in [6, 6.07) is 6.63. The van der Waals surface area contributed by atoms with Gasteiger partial charge in [-0.2, -0.15) is 0 Å². The number of carbonyl (C=O) groups excluding carboxylic acids is 3. The van der Waals surface area contributed by atoms with Gasteiger partial charge in [-0.15, -0.1) is 0 Å². The molecule has 0 saturated heterocycles. The van der Waals surface area contributed by atoms with Gasteiger partial charge in [0.15, 0.2) is 5.78 Å². The molecule has 10 heteroatoms. The molecule has 5 fully saturated rings. The second kappa shape index (κ2) is 15.6. The fourth-order valence-corrected chi connectivity index (χ4v) is 15.0. The third-order valence-corrected chi connectivity index (χ3v) is 18.8. The van der Waals surface area contributed by atoms with E-state index in [0.717, 1.165) is 69.9 Å². The Kier molecular flexibility index (Phi) is 11.7. The molecule has 59 heavy (non-hydrogen) atoms. The first kappa shape index (κ1) is 44.3. The predicted octanol–water partition coefficient (Wildman–Crippen LogP) is 9.02. The Morgan fingerprint density at radius 1 is 0.881 bits per heavy atom. The summed E-state index contributed by atoms with van der Waals surface area (Å²) >= 11 is 6.03. The summed E-state index contributed by atoms with van der Waals surface area (Å²) in [5.74, 6) is -0.294. The number of fused-ring (bicyclic) bond motifs is 7. The number of amides is 1. The van der Waals surface area contributed by atoms with Crippen molar-refractivity contribution in [2.75, 3.05) is 19.6 Å². The number of carboxylic acid groups (broad SMARTS) is 1. The van der Waals surface area contributed by atoms with Crippen molar-refractivity contribution in [3.05, 3.63) is 46.0 Å². The molecular formula is C49H72ClN3O6. The van der Waals surface area contributed by atoms with Gasteiger partial charge >= 0.3 is 11.9 Å². The first-order valence-corrected chi connectivity index (χ1v) is 23.1. The number of benzene rings is 1. The molecule has 7 rings (SSSR count). The zero-order valence-corrected chi connectivity index (χ0v) is 38.0. The summed E-state index contributed by atoms with van der Waals surface area (Å²) in [4.78, 5) is 52.5. The van der Waals surface area contributed by atoms with E-state index in [2.05, 4.69) is 59.1 Å². The van der Waals surface area contributed by atoms with Crippen LogP contribution in [0, 0.1) is 68.0 Å². The quantitative estimate of drug-likeness (QED) is 0.121. The van der Waals surface area contributed by atoms with Crippen molar-refractivity contribution >= 4 is 35.2 Å². The van der Waals surface area contributed by atoms with Crippen molar-refractivity contribution in [2.45, 2.75) is 145 Å². The number of hydrogen-bond donors (Lipinski definition) is 4. The van der Waals surface area contributed by atoms with Crippen molar-refractivity contribution in [3.8, 4) is 0 Å². The monoisotopic (exact) mass is 834 g/mol. The number of allylic oxidation sites excluding steroid dienone is 2. The topological polar surface area (TPSA) is 148 Å². The van der Waals surface area contributed by atoms with E-state index >= 15 is 0 Å². The molecule has 6 aliphatic rings. The van der Waals surface area contributed by atoms with E-state index in [9.17, 15) is 24.3 Å². The molecule has 11 atom stereocenters. The zero-order chi connectivity index (χ0) is 43.1. The van der Waals surface area contributed by atoms with Gasteiger partial charge in [-0.3, -0.25) is 19.2 Å². The van der Waals surface area contributed by atoms with Gasteiger partial charge in [0.05, 0.1) is 17.9 Å². The largest absolute Gasteiger partial charge is 0.481 e. The maximum atomic E-state index is 14.1. The molecule has 1 amide bonds. The average Bonchev–Trinajstić information content (AvgIpc) is 3.46. The molecule has 9 nitrogen and oxygen atoms in total. The van der Waals surface area contributed by atoms with E-state index in [1.807, 2.05) is 13.8 Å². The summed E-state index contributed by atoms with van der Waals surface area (Å²) in [5.41, 5.74) is 8.55. The summed E-state index contributed by atoms with van der Waals surface area (Å²) in [6.07, 6.45) is 10.1. The van der Waals surface area contributed by atoms with Crippen LogP contribution in [0.4, 0.5) is 0 Å². The molecule has 5 N–H and O–H groups in total. The number of nitrogens with two attached hydrogens (primary N) is 1. The molecule has 0 radical (unpaired) electrons. The lowest BCUT2D eigenvalue weighted by atomic mass is 9.33. The summed E-state index contributed by atoms with van der Waals surface area (Å²) in [7, 11) is 0. The normalized spacial score (nSPS) is 38.6. The minimum atomic E-state index is -0.829. The van der Waals surface area contributed by atoms with Crippen LogP contribution in [0.15, 0.2) is 35.4 Å². The second-order valence-electron chi connectivity index (χ2n) is 22.1. The van der Waals surface area contributed by atoms with Gasteiger partial charge in [0.25, 0.3) is 5.91 Å². The lowest BCUT2D eigenvalue weighted by Gasteiger charge is -2.72. The number of rotatable bonds is 12. The van der Waals surface area contributed by atoms with Crippen LogP contribution in [-0.4, -0.2) is 60.5 Å². The number of nitrogens with one attached hydrogen (secondary N) is 2. The number of aliphatic carboxylic acids is 1. The second-order valence-corrected chi connectivity index (χ2v) is 22.6. The maximum absolute atomic E-state index is 14.1. The minimum absolute atomic E-state index is 0.0570.